The van der Waals surface area contributed by atoms with Gasteiger partial charge in [-0.05, 0) is 24.8 Å². The molecule has 0 bridgehead atoms. The van der Waals surface area contributed by atoms with Crippen molar-refractivity contribution >= 4 is 11.6 Å². The summed E-state index contributed by atoms with van der Waals surface area (Å²) < 4.78 is 0. The Hall–Kier alpha value is -1.64. The highest BCUT2D eigenvalue weighted by Crippen LogP contribution is 2.30. The lowest BCUT2D eigenvalue weighted by Crippen LogP contribution is -2.25. The molecule has 1 saturated carbocycles. The Morgan fingerprint density at radius 1 is 1.31 bits per heavy atom. The van der Waals surface area contributed by atoms with Crippen LogP contribution in [0, 0.1) is 5.92 Å². The van der Waals surface area contributed by atoms with E-state index in [-0.39, 0.29) is 11.8 Å². The third kappa shape index (κ3) is 1.52. The molecular weight excluding hydrogens is 200 g/mol. The van der Waals surface area contributed by atoms with Crippen molar-refractivity contribution in [3.63, 3.8) is 0 Å². The summed E-state index contributed by atoms with van der Waals surface area (Å²) in [5, 5.41) is 6.06. The molecule has 3 rings (SSSR count). The average Bonchev–Trinajstić information content (AvgIpc) is 2.86. The van der Waals surface area contributed by atoms with Gasteiger partial charge in [0.05, 0.1) is 18.2 Å². The minimum atomic E-state index is 0.101. The largest absolute Gasteiger partial charge is 0.272 e. The smallest absolute Gasteiger partial charge is 0.251 e. The zero-order valence-corrected chi connectivity index (χ0v) is 9.10. The molecular formula is C13H14N2O. The third-order valence-electron chi connectivity index (χ3n) is 3.30. The van der Waals surface area contributed by atoms with Crippen LogP contribution in [0.15, 0.2) is 35.4 Å². The van der Waals surface area contributed by atoms with Gasteiger partial charge in [-0.2, -0.15) is 5.10 Å². The van der Waals surface area contributed by atoms with Gasteiger partial charge in [0, 0.05) is 0 Å². The van der Waals surface area contributed by atoms with Crippen LogP contribution in [0.3, 0.4) is 0 Å². The molecule has 1 aromatic carbocycles. The molecule has 1 aromatic rings. The number of hydrazone groups is 1. The van der Waals surface area contributed by atoms with Crippen molar-refractivity contribution in [3.05, 3.63) is 35.9 Å². The van der Waals surface area contributed by atoms with Crippen molar-refractivity contribution in [2.24, 2.45) is 11.0 Å². The number of nitrogens with zero attached hydrogens (tertiary/aromatic N) is 2. The van der Waals surface area contributed by atoms with E-state index in [0.717, 1.165) is 30.5 Å². The molecule has 16 heavy (non-hydrogen) atoms. The second kappa shape index (κ2) is 3.74. The van der Waals surface area contributed by atoms with Gasteiger partial charge >= 0.3 is 0 Å². The maximum atomic E-state index is 12.0. The predicted molar refractivity (Wildman–Crippen MR) is 61.8 cm³/mol. The highest BCUT2D eigenvalue weighted by molar-refractivity contribution is 6.09. The molecule has 0 saturated heterocycles. The highest BCUT2D eigenvalue weighted by atomic mass is 16.2. The van der Waals surface area contributed by atoms with Crippen molar-refractivity contribution < 1.29 is 4.79 Å². The topological polar surface area (TPSA) is 32.7 Å². The summed E-state index contributed by atoms with van der Waals surface area (Å²) in [6.07, 6.45) is 3.11. The van der Waals surface area contributed by atoms with Gasteiger partial charge in [-0.1, -0.05) is 30.3 Å². The predicted octanol–water partition coefficient (Wildman–Crippen LogP) is 2.18. The summed E-state index contributed by atoms with van der Waals surface area (Å²) >= 11 is 0. The normalized spacial score (nSPS) is 23.5. The second-order valence-corrected chi connectivity index (χ2v) is 4.42. The summed E-state index contributed by atoms with van der Waals surface area (Å²) in [5.41, 5.74) is 2.24. The fourth-order valence-electron chi connectivity index (χ4n) is 2.47. The maximum absolute atomic E-state index is 12.0. The SMILES string of the molecule is O=C1C2CCCC2=NN1Cc1ccccc1. The van der Waals surface area contributed by atoms with Crippen LogP contribution in [0.4, 0.5) is 0 Å². The van der Waals surface area contributed by atoms with Gasteiger partial charge in [-0.3, -0.25) is 4.79 Å². The third-order valence-corrected chi connectivity index (χ3v) is 3.30. The van der Waals surface area contributed by atoms with Crippen LogP contribution >= 0.6 is 0 Å². The fourth-order valence-corrected chi connectivity index (χ4v) is 2.47. The van der Waals surface area contributed by atoms with Gasteiger partial charge in [-0.15, -0.1) is 0 Å². The Bertz CT molecular complexity index is 439. The Labute approximate surface area is 94.8 Å². The van der Waals surface area contributed by atoms with Gasteiger partial charge in [-0.25, -0.2) is 5.01 Å². The quantitative estimate of drug-likeness (QED) is 0.742. The van der Waals surface area contributed by atoms with Gasteiger partial charge in [0.1, 0.15) is 0 Å². The number of carbonyl (C=O) groups excluding carboxylic acids is 1. The standard InChI is InChI=1S/C13H14N2O/c16-13-11-7-4-8-12(11)14-15(13)9-10-5-2-1-3-6-10/h1-3,5-6,11H,4,7-9H2. The molecule has 0 aromatic heterocycles. The Kier molecular flexibility index (Phi) is 2.24. The molecule has 1 atom stereocenters. The Morgan fingerprint density at radius 2 is 2.12 bits per heavy atom. The Balaban J connectivity index is 1.78. The van der Waals surface area contributed by atoms with Crippen LogP contribution < -0.4 is 0 Å². The van der Waals surface area contributed by atoms with Crippen molar-refractivity contribution in [2.45, 2.75) is 25.8 Å². The molecule has 3 heteroatoms. The van der Waals surface area contributed by atoms with E-state index in [2.05, 4.69) is 5.10 Å². The van der Waals surface area contributed by atoms with Gasteiger partial charge in [0.25, 0.3) is 5.91 Å². The van der Waals surface area contributed by atoms with Crippen LogP contribution in [0.5, 0.6) is 0 Å². The van der Waals surface area contributed by atoms with E-state index >= 15 is 0 Å². The molecule has 1 amide bonds. The first-order valence-corrected chi connectivity index (χ1v) is 5.77. The number of amides is 1. The lowest BCUT2D eigenvalue weighted by Gasteiger charge is -2.13. The molecule has 1 unspecified atom stereocenters. The number of fused-ring (bicyclic) bond motifs is 1. The Morgan fingerprint density at radius 3 is 2.88 bits per heavy atom. The fraction of sp³-hybridized carbons (Fsp3) is 0.385. The molecule has 1 aliphatic carbocycles. The van der Waals surface area contributed by atoms with Gasteiger partial charge in [0.15, 0.2) is 0 Å². The van der Waals surface area contributed by atoms with Crippen LogP contribution in [-0.4, -0.2) is 16.6 Å². The molecule has 3 nitrogen and oxygen atoms in total. The van der Waals surface area contributed by atoms with Crippen molar-refractivity contribution in [1.29, 1.82) is 0 Å². The molecule has 2 aliphatic rings. The monoisotopic (exact) mass is 214 g/mol. The van der Waals surface area contributed by atoms with Crippen LogP contribution in [0.1, 0.15) is 24.8 Å². The van der Waals surface area contributed by atoms with Crippen LogP contribution in [-0.2, 0) is 11.3 Å². The van der Waals surface area contributed by atoms with E-state index in [1.807, 2.05) is 30.3 Å². The lowest BCUT2D eigenvalue weighted by atomic mass is 10.1. The van der Waals surface area contributed by atoms with Crippen molar-refractivity contribution in [2.75, 3.05) is 0 Å². The lowest BCUT2D eigenvalue weighted by molar-refractivity contribution is -0.132. The molecule has 0 radical (unpaired) electrons. The minimum Gasteiger partial charge on any atom is -0.272 e. The summed E-state index contributed by atoms with van der Waals surface area (Å²) in [6, 6.07) is 10.0. The number of benzene rings is 1. The van der Waals surface area contributed by atoms with E-state index in [9.17, 15) is 4.79 Å². The second-order valence-electron chi connectivity index (χ2n) is 4.42. The van der Waals surface area contributed by atoms with Crippen LogP contribution in [0.25, 0.3) is 0 Å². The first-order valence-electron chi connectivity index (χ1n) is 5.77. The summed E-state index contributed by atoms with van der Waals surface area (Å²) in [7, 11) is 0. The first-order chi connectivity index (χ1) is 7.84. The molecule has 0 spiro atoms. The summed E-state index contributed by atoms with van der Waals surface area (Å²) in [6.45, 7) is 0.611. The van der Waals surface area contributed by atoms with Gasteiger partial charge in [0.2, 0.25) is 0 Å². The summed E-state index contributed by atoms with van der Waals surface area (Å²) in [4.78, 5) is 12.0. The maximum Gasteiger partial charge on any atom is 0.251 e. The number of hydrogen-bond acceptors (Lipinski definition) is 2. The van der Waals surface area contributed by atoms with E-state index in [0.29, 0.717) is 6.54 Å². The average molecular weight is 214 g/mol. The zero-order chi connectivity index (χ0) is 11.0. The molecule has 1 heterocycles. The van der Waals surface area contributed by atoms with Gasteiger partial charge < -0.3 is 0 Å². The van der Waals surface area contributed by atoms with E-state index in [1.54, 1.807) is 5.01 Å². The van der Waals surface area contributed by atoms with E-state index in [4.69, 9.17) is 0 Å². The number of carbonyl (C=O) groups is 1. The highest BCUT2D eigenvalue weighted by Gasteiger charge is 2.38. The number of hydrogen-bond donors (Lipinski definition) is 0. The van der Waals surface area contributed by atoms with E-state index in [1.165, 1.54) is 0 Å². The van der Waals surface area contributed by atoms with Crippen molar-refractivity contribution in [1.82, 2.24) is 5.01 Å². The number of rotatable bonds is 2. The molecule has 1 fully saturated rings. The molecule has 82 valence electrons. The summed E-state index contributed by atoms with van der Waals surface area (Å²) in [5.74, 6) is 0.292. The van der Waals surface area contributed by atoms with E-state index < -0.39 is 0 Å². The van der Waals surface area contributed by atoms with Crippen LogP contribution in [0.2, 0.25) is 0 Å². The molecule has 0 N–H and O–H groups in total. The molecule has 1 aliphatic heterocycles. The zero-order valence-electron chi connectivity index (χ0n) is 9.10. The minimum absolute atomic E-state index is 0.101. The van der Waals surface area contributed by atoms with Crippen molar-refractivity contribution in [3.8, 4) is 0 Å². The first kappa shape index (κ1) is 9.58.